The molecule has 0 spiro atoms. The Morgan fingerprint density at radius 1 is 1.16 bits per heavy atom. The first-order valence-corrected chi connectivity index (χ1v) is 10.4. The number of hydrogen-bond donors (Lipinski definition) is 5. The van der Waals surface area contributed by atoms with E-state index in [4.69, 9.17) is 40.0 Å². The molecule has 0 aliphatic heterocycles. The van der Waals surface area contributed by atoms with E-state index in [0.717, 1.165) is 11.8 Å². The van der Waals surface area contributed by atoms with Gasteiger partial charge in [0.1, 0.15) is 5.82 Å². The number of esters is 1. The van der Waals surface area contributed by atoms with Gasteiger partial charge in [0.25, 0.3) is 17.7 Å². The maximum absolute atomic E-state index is 12.3. The molecule has 1 aromatic heterocycles. The van der Waals surface area contributed by atoms with Gasteiger partial charge in [0, 0.05) is 0 Å². The number of ether oxygens (including phenoxy) is 1. The number of halogens is 1. The Balaban J connectivity index is 2.27. The number of aromatic nitrogens is 1. The first-order valence-electron chi connectivity index (χ1n) is 8.66. The van der Waals surface area contributed by atoms with Crippen molar-refractivity contribution in [3.05, 3.63) is 46.0 Å². The molecule has 2 rings (SSSR count). The van der Waals surface area contributed by atoms with Gasteiger partial charge in [-0.15, -0.1) is 0 Å². The van der Waals surface area contributed by atoms with Crippen molar-refractivity contribution in [3.8, 4) is 0 Å². The highest BCUT2D eigenvalue weighted by Gasteiger charge is 2.27. The van der Waals surface area contributed by atoms with Crippen LogP contribution in [0.25, 0.3) is 0 Å². The van der Waals surface area contributed by atoms with Crippen LogP contribution in [0.5, 0.6) is 0 Å². The molecule has 7 N–H and O–H groups in total. The normalized spacial score (nSPS) is 10.3. The summed E-state index contributed by atoms with van der Waals surface area (Å²) in [4.78, 5) is 50.6. The molecule has 0 aliphatic carbocycles. The van der Waals surface area contributed by atoms with Gasteiger partial charge in [-0.05, 0) is 31.3 Å². The van der Waals surface area contributed by atoms with Crippen LogP contribution in [0.2, 0.25) is 5.02 Å². The monoisotopic (exact) mass is 483 g/mol. The van der Waals surface area contributed by atoms with E-state index >= 15 is 0 Å². The maximum atomic E-state index is 12.3. The SMILES string of the molecule is CCOC(=O)CSc1[nH]c(NC(=S)NC(=O)c2ccccc2Cl)c(C(N)=O)c1C(N)=O. The Labute approximate surface area is 191 Å². The van der Waals surface area contributed by atoms with Gasteiger partial charge in [0.2, 0.25) is 0 Å². The number of anilines is 1. The largest absolute Gasteiger partial charge is 0.465 e. The second kappa shape index (κ2) is 10.8. The molecule has 1 heterocycles. The molecule has 2 aromatic rings. The van der Waals surface area contributed by atoms with Crippen LogP contribution in [0.1, 0.15) is 38.0 Å². The number of nitrogens with one attached hydrogen (secondary N) is 3. The number of H-pyrrole nitrogens is 1. The molecule has 0 atom stereocenters. The molecule has 0 radical (unpaired) electrons. The molecule has 0 saturated carbocycles. The predicted molar refractivity (Wildman–Crippen MR) is 120 cm³/mol. The number of carbonyl (C=O) groups excluding carboxylic acids is 4. The van der Waals surface area contributed by atoms with Gasteiger partial charge < -0.3 is 26.5 Å². The van der Waals surface area contributed by atoms with Crippen LogP contribution < -0.4 is 22.1 Å². The molecule has 31 heavy (non-hydrogen) atoms. The Hall–Kier alpha value is -3.09. The van der Waals surface area contributed by atoms with Crippen LogP contribution in [0.3, 0.4) is 0 Å². The van der Waals surface area contributed by atoms with E-state index in [2.05, 4.69) is 15.6 Å². The number of amides is 3. The standard InChI is InChI=1S/C18H18ClN5O5S2/c1-2-29-10(25)7-31-17-12(14(21)27)11(13(20)26)15(22-17)23-18(30)24-16(28)8-5-3-4-6-9(8)19/h3-6,22H,2,7H2,1H3,(H2,20,26)(H2,21,27)(H2,23,24,28,30). The zero-order chi connectivity index (χ0) is 23.1. The molecule has 0 aliphatic rings. The van der Waals surface area contributed by atoms with Crippen LogP contribution in [0.4, 0.5) is 5.82 Å². The molecule has 1 aromatic carbocycles. The first kappa shape index (κ1) is 24.2. The van der Waals surface area contributed by atoms with Crippen molar-refractivity contribution in [2.75, 3.05) is 17.7 Å². The minimum Gasteiger partial charge on any atom is -0.465 e. The Bertz CT molecular complexity index is 1060. The van der Waals surface area contributed by atoms with Gasteiger partial charge >= 0.3 is 5.97 Å². The molecule has 13 heteroatoms. The first-order chi connectivity index (χ1) is 14.6. The highest BCUT2D eigenvalue weighted by Crippen LogP contribution is 2.30. The van der Waals surface area contributed by atoms with E-state index in [0.29, 0.717) is 0 Å². The van der Waals surface area contributed by atoms with Gasteiger partial charge in [-0.1, -0.05) is 35.5 Å². The average molecular weight is 484 g/mol. The summed E-state index contributed by atoms with van der Waals surface area (Å²) in [7, 11) is 0. The quantitative estimate of drug-likeness (QED) is 0.214. The van der Waals surface area contributed by atoms with Crippen molar-refractivity contribution in [1.82, 2.24) is 10.3 Å². The number of hydrogen-bond acceptors (Lipinski definition) is 7. The van der Waals surface area contributed by atoms with E-state index in [9.17, 15) is 19.2 Å². The number of thiocarbonyl (C=S) groups is 1. The average Bonchev–Trinajstić information content (AvgIpc) is 3.05. The third-order valence-electron chi connectivity index (χ3n) is 3.68. The number of carbonyl (C=O) groups is 4. The topological polar surface area (TPSA) is 169 Å². The van der Waals surface area contributed by atoms with Gasteiger partial charge in [-0.2, -0.15) is 0 Å². The van der Waals surface area contributed by atoms with E-state index in [1.54, 1.807) is 19.1 Å². The molecule has 0 unspecified atom stereocenters. The summed E-state index contributed by atoms with van der Waals surface area (Å²) in [6.45, 7) is 1.84. The van der Waals surface area contributed by atoms with Crippen LogP contribution in [0.15, 0.2) is 29.3 Å². The van der Waals surface area contributed by atoms with E-state index in [1.807, 2.05) is 0 Å². The zero-order valence-electron chi connectivity index (χ0n) is 16.1. The Morgan fingerprint density at radius 3 is 2.39 bits per heavy atom. The lowest BCUT2D eigenvalue weighted by Gasteiger charge is -2.10. The van der Waals surface area contributed by atoms with Crippen LogP contribution >= 0.6 is 35.6 Å². The lowest BCUT2D eigenvalue weighted by atomic mass is 10.1. The van der Waals surface area contributed by atoms with Crippen LogP contribution in [-0.4, -0.2) is 46.1 Å². The summed E-state index contributed by atoms with van der Waals surface area (Å²) in [5, 5.41) is 5.13. The van der Waals surface area contributed by atoms with Crippen molar-refractivity contribution in [3.63, 3.8) is 0 Å². The predicted octanol–water partition coefficient (Wildman–Crippen LogP) is 1.65. The van der Waals surface area contributed by atoms with Crippen molar-refractivity contribution in [2.24, 2.45) is 11.5 Å². The molecule has 3 amide bonds. The van der Waals surface area contributed by atoms with Gasteiger partial charge in [-0.25, -0.2) is 0 Å². The lowest BCUT2D eigenvalue weighted by Crippen LogP contribution is -2.35. The Kier molecular flexibility index (Phi) is 8.42. The van der Waals surface area contributed by atoms with Gasteiger partial charge in [0.05, 0.1) is 39.1 Å². The third kappa shape index (κ3) is 6.20. The number of nitrogens with two attached hydrogens (primary N) is 2. The summed E-state index contributed by atoms with van der Waals surface area (Å²) < 4.78 is 4.83. The molecular formula is C18H18ClN5O5S2. The van der Waals surface area contributed by atoms with Crippen molar-refractivity contribution in [1.29, 1.82) is 0 Å². The molecule has 0 fully saturated rings. The third-order valence-corrected chi connectivity index (χ3v) is 5.19. The van der Waals surface area contributed by atoms with E-state index < -0.39 is 23.7 Å². The number of primary amides is 2. The van der Waals surface area contributed by atoms with Crippen LogP contribution in [0, 0.1) is 0 Å². The number of aromatic amines is 1. The van der Waals surface area contributed by atoms with Crippen molar-refractivity contribution < 1.29 is 23.9 Å². The minimum atomic E-state index is -0.976. The smallest absolute Gasteiger partial charge is 0.316 e. The van der Waals surface area contributed by atoms with Crippen molar-refractivity contribution >= 4 is 70.2 Å². The molecule has 0 bridgehead atoms. The summed E-state index contributed by atoms with van der Waals surface area (Å²) >= 11 is 12.0. The van der Waals surface area contributed by atoms with Gasteiger partial charge in [-0.3, -0.25) is 24.5 Å². The van der Waals surface area contributed by atoms with Crippen molar-refractivity contribution in [2.45, 2.75) is 11.9 Å². The summed E-state index contributed by atoms with van der Waals surface area (Å²) in [6.07, 6.45) is 0. The molecule has 10 nitrogen and oxygen atoms in total. The highest BCUT2D eigenvalue weighted by atomic mass is 35.5. The maximum Gasteiger partial charge on any atom is 0.316 e. The number of benzene rings is 1. The van der Waals surface area contributed by atoms with E-state index in [1.165, 1.54) is 12.1 Å². The molecule has 0 saturated heterocycles. The summed E-state index contributed by atoms with van der Waals surface area (Å²) in [6, 6.07) is 6.32. The summed E-state index contributed by atoms with van der Waals surface area (Å²) in [5.74, 6) is -3.28. The molecule has 164 valence electrons. The number of rotatable bonds is 8. The second-order valence-corrected chi connectivity index (χ2v) is 7.59. The summed E-state index contributed by atoms with van der Waals surface area (Å²) in [5.41, 5.74) is 10.5. The van der Waals surface area contributed by atoms with Crippen LogP contribution in [-0.2, 0) is 9.53 Å². The fraction of sp³-hybridized carbons (Fsp3) is 0.167. The second-order valence-electron chi connectivity index (χ2n) is 5.79. The Morgan fingerprint density at radius 2 is 1.81 bits per heavy atom. The van der Waals surface area contributed by atoms with E-state index in [-0.39, 0.29) is 50.0 Å². The minimum absolute atomic E-state index is 0.0721. The molecular weight excluding hydrogens is 466 g/mol. The zero-order valence-corrected chi connectivity index (χ0v) is 18.5. The fourth-order valence-corrected chi connectivity index (χ4v) is 3.74. The van der Waals surface area contributed by atoms with Gasteiger partial charge in [0.15, 0.2) is 5.11 Å². The highest BCUT2D eigenvalue weighted by molar-refractivity contribution is 8.00. The fourth-order valence-electron chi connectivity index (χ4n) is 2.45. The lowest BCUT2D eigenvalue weighted by molar-refractivity contribution is -0.139. The number of thioether (sulfide) groups is 1.